The van der Waals surface area contributed by atoms with Gasteiger partial charge in [-0.1, -0.05) is 152 Å². The van der Waals surface area contributed by atoms with Gasteiger partial charge < -0.3 is 4.42 Å². The van der Waals surface area contributed by atoms with Crippen molar-refractivity contribution in [2.24, 2.45) is 0 Å². The minimum absolute atomic E-state index is 0.596. The summed E-state index contributed by atoms with van der Waals surface area (Å²) in [7, 11) is 0. The molecule has 53 heavy (non-hydrogen) atoms. The number of hydrogen-bond donors (Lipinski definition) is 0. The zero-order valence-corrected chi connectivity index (χ0v) is 28.5. The van der Waals surface area contributed by atoms with Crippen molar-refractivity contribution in [1.29, 1.82) is 0 Å². The van der Waals surface area contributed by atoms with Gasteiger partial charge in [-0.05, 0) is 67.7 Å². The van der Waals surface area contributed by atoms with Gasteiger partial charge in [-0.3, -0.25) is 0 Å². The monoisotopic (exact) mass is 675 g/mol. The lowest BCUT2D eigenvalue weighted by atomic mass is 9.94. The van der Waals surface area contributed by atoms with E-state index in [0.29, 0.717) is 17.5 Å². The molecule has 0 saturated heterocycles. The van der Waals surface area contributed by atoms with E-state index in [9.17, 15) is 0 Å². The molecule has 0 radical (unpaired) electrons. The number of aromatic nitrogens is 3. The van der Waals surface area contributed by atoms with Crippen LogP contribution in [0.2, 0.25) is 0 Å². The number of fused-ring (bicyclic) bond motifs is 10. The Morgan fingerprint density at radius 3 is 1.64 bits per heavy atom. The van der Waals surface area contributed by atoms with Gasteiger partial charge in [0.05, 0.1) is 0 Å². The molecule has 2 aromatic heterocycles. The third-order valence-corrected chi connectivity index (χ3v) is 10.5. The van der Waals surface area contributed by atoms with Crippen molar-refractivity contribution in [3.05, 3.63) is 176 Å². The highest BCUT2D eigenvalue weighted by atomic mass is 16.3. The Labute approximate surface area is 304 Å². The first-order chi connectivity index (χ1) is 26.3. The second kappa shape index (κ2) is 11.7. The molecule has 0 atom stereocenters. The van der Waals surface area contributed by atoms with Crippen LogP contribution in [0.3, 0.4) is 0 Å². The van der Waals surface area contributed by atoms with Gasteiger partial charge in [-0.2, -0.15) is 0 Å². The van der Waals surface area contributed by atoms with Crippen LogP contribution in [0.5, 0.6) is 0 Å². The standard InChI is InChI=1S/C49H29N3O/c1-3-13-30(14-4-1)41-29-36(27-34-19-9-10-20-37(34)41)48-50-47(33-17-5-2-6-18-33)51-49(52-48)42-28-35-24-23-31-15-7-11-21-38(31)43(35)46-44(42)40-26-25-32-16-8-12-22-39(32)45(40)53-46/h1-29H. The summed E-state index contributed by atoms with van der Waals surface area (Å²) in [4.78, 5) is 15.8. The zero-order chi connectivity index (χ0) is 34.9. The molecule has 0 fully saturated rings. The van der Waals surface area contributed by atoms with Gasteiger partial charge >= 0.3 is 0 Å². The summed E-state index contributed by atoms with van der Waals surface area (Å²) in [6, 6.07) is 61.5. The number of furan rings is 1. The van der Waals surface area contributed by atoms with E-state index in [2.05, 4.69) is 158 Å². The van der Waals surface area contributed by atoms with Crippen molar-refractivity contribution < 1.29 is 4.42 Å². The Balaban J connectivity index is 1.26. The maximum absolute atomic E-state index is 7.02. The molecule has 0 aliphatic heterocycles. The Hall–Kier alpha value is -7.17. The third-order valence-electron chi connectivity index (χ3n) is 10.5. The Kier molecular flexibility index (Phi) is 6.52. The molecule has 246 valence electrons. The molecule has 0 bridgehead atoms. The van der Waals surface area contributed by atoms with E-state index in [1.807, 2.05) is 18.2 Å². The van der Waals surface area contributed by atoms with E-state index in [1.165, 1.54) is 10.8 Å². The molecule has 11 aromatic rings. The highest BCUT2D eigenvalue weighted by molar-refractivity contribution is 6.28. The highest BCUT2D eigenvalue weighted by Crippen LogP contribution is 2.45. The topological polar surface area (TPSA) is 51.8 Å². The summed E-state index contributed by atoms with van der Waals surface area (Å²) in [5.41, 5.74) is 6.72. The van der Waals surface area contributed by atoms with Crippen LogP contribution in [0.15, 0.2) is 180 Å². The van der Waals surface area contributed by atoms with Gasteiger partial charge in [0, 0.05) is 38.2 Å². The molecular formula is C49H29N3O. The summed E-state index contributed by atoms with van der Waals surface area (Å²) in [6.07, 6.45) is 0. The van der Waals surface area contributed by atoms with Gasteiger partial charge in [0.1, 0.15) is 11.2 Å². The minimum atomic E-state index is 0.596. The summed E-state index contributed by atoms with van der Waals surface area (Å²) in [5, 5.41) is 11.0. The van der Waals surface area contributed by atoms with Crippen LogP contribution in [-0.4, -0.2) is 15.0 Å². The molecule has 9 aromatic carbocycles. The fraction of sp³-hybridized carbons (Fsp3) is 0. The molecule has 0 aliphatic carbocycles. The molecule has 0 saturated carbocycles. The molecule has 4 heteroatoms. The molecule has 0 amide bonds. The van der Waals surface area contributed by atoms with Crippen molar-refractivity contribution in [2.75, 3.05) is 0 Å². The lowest BCUT2D eigenvalue weighted by Gasteiger charge is -2.13. The maximum atomic E-state index is 7.02. The molecule has 0 aliphatic rings. The van der Waals surface area contributed by atoms with E-state index >= 15 is 0 Å². The van der Waals surface area contributed by atoms with E-state index in [0.717, 1.165) is 82.1 Å². The van der Waals surface area contributed by atoms with Crippen LogP contribution in [0.1, 0.15) is 0 Å². The fourth-order valence-electron chi connectivity index (χ4n) is 7.97. The number of nitrogens with zero attached hydrogens (tertiary/aromatic N) is 3. The van der Waals surface area contributed by atoms with Crippen LogP contribution in [0.25, 0.3) is 110 Å². The molecule has 11 rings (SSSR count). The molecule has 0 unspecified atom stereocenters. The Morgan fingerprint density at radius 2 is 0.868 bits per heavy atom. The van der Waals surface area contributed by atoms with E-state index < -0.39 is 0 Å². The average molecular weight is 676 g/mol. The third kappa shape index (κ3) is 4.73. The summed E-state index contributed by atoms with van der Waals surface area (Å²) < 4.78 is 7.02. The summed E-state index contributed by atoms with van der Waals surface area (Å²) in [5.74, 6) is 1.83. The molecule has 0 N–H and O–H groups in total. The van der Waals surface area contributed by atoms with Crippen LogP contribution in [0.4, 0.5) is 0 Å². The second-order valence-electron chi connectivity index (χ2n) is 13.6. The number of rotatable bonds is 4. The Morgan fingerprint density at radius 1 is 0.302 bits per heavy atom. The van der Waals surface area contributed by atoms with Gasteiger partial charge in [0.25, 0.3) is 0 Å². The summed E-state index contributed by atoms with van der Waals surface area (Å²) >= 11 is 0. The Bertz CT molecular complexity index is 3220. The van der Waals surface area contributed by atoms with Gasteiger partial charge in [0.15, 0.2) is 17.5 Å². The van der Waals surface area contributed by atoms with Gasteiger partial charge in [0.2, 0.25) is 0 Å². The van der Waals surface area contributed by atoms with Crippen molar-refractivity contribution in [3.63, 3.8) is 0 Å². The molecular weight excluding hydrogens is 647 g/mol. The van der Waals surface area contributed by atoms with Gasteiger partial charge in [-0.15, -0.1) is 0 Å². The van der Waals surface area contributed by atoms with Crippen molar-refractivity contribution in [1.82, 2.24) is 15.0 Å². The fourth-order valence-corrected chi connectivity index (χ4v) is 7.97. The summed E-state index contributed by atoms with van der Waals surface area (Å²) in [6.45, 7) is 0. The van der Waals surface area contributed by atoms with Crippen molar-refractivity contribution in [2.45, 2.75) is 0 Å². The van der Waals surface area contributed by atoms with E-state index in [-0.39, 0.29) is 0 Å². The predicted molar refractivity (Wildman–Crippen MR) is 219 cm³/mol. The van der Waals surface area contributed by atoms with E-state index in [1.54, 1.807) is 0 Å². The zero-order valence-electron chi connectivity index (χ0n) is 28.5. The van der Waals surface area contributed by atoms with Crippen LogP contribution in [0, 0.1) is 0 Å². The maximum Gasteiger partial charge on any atom is 0.164 e. The van der Waals surface area contributed by atoms with Crippen LogP contribution < -0.4 is 0 Å². The smallest absolute Gasteiger partial charge is 0.164 e. The number of benzene rings is 9. The molecule has 2 heterocycles. The first-order valence-corrected chi connectivity index (χ1v) is 17.9. The molecule has 0 spiro atoms. The lowest BCUT2D eigenvalue weighted by Crippen LogP contribution is -2.01. The van der Waals surface area contributed by atoms with E-state index in [4.69, 9.17) is 19.4 Å². The normalized spacial score (nSPS) is 11.8. The van der Waals surface area contributed by atoms with Crippen LogP contribution >= 0.6 is 0 Å². The largest absolute Gasteiger partial charge is 0.455 e. The van der Waals surface area contributed by atoms with Gasteiger partial charge in [-0.25, -0.2) is 15.0 Å². The first kappa shape index (κ1) is 29.5. The quantitative estimate of drug-likeness (QED) is 0.174. The SMILES string of the molecule is c1ccc(-c2nc(-c3cc(-c4ccccc4)c4ccccc4c3)nc(-c3cc4ccc5ccccc5c4c4oc5c6ccccc6ccc5c34)n2)cc1. The van der Waals surface area contributed by atoms with Crippen molar-refractivity contribution in [3.8, 4) is 45.3 Å². The first-order valence-electron chi connectivity index (χ1n) is 17.9. The van der Waals surface area contributed by atoms with Crippen LogP contribution in [-0.2, 0) is 0 Å². The minimum Gasteiger partial charge on any atom is -0.455 e. The second-order valence-corrected chi connectivity index (χ2v) is 13.6. The molecule has 4 nitrogen and oxygen atoms in total. The predicted octanol–water partition coefficient (Wildman–Crippen LogP) is 13.1. The highest BCUT2D eigenvalue weighted by Gasteiger charge is 2.22. The number of hydrogen-bond acceptors (Lipinski definition) is 4. The average Bonchev–Trinajstić information content (AvgIpc) is 3.63. The lowest BCUT2D eigenvalue weighted by molar-refractivity contribution is 0.677. The van der Waals surface area contributed by atoms with Crippen molar-refractivity contribution >= 4 is 65.0 Å².